The summed E-state index contributed by atoms with van der Waals surface area (Å²) in [6, 6.07) is 7.07. The topological polar surface area (TPSA) is 84.7 Å². The largest absolute Gasteiger partial charge is 0.381 e. The number of carbonyl (C=O) groups excluding carboxylic acids is 2. The molecule has 0 unspecified atom stereocenters. The number of hydrogen-bond acceptors (Lipinski definition) is 4. The number of halogens is 1. The fourth-order valence-corrected chi connectivity index (χ4v) is 3.05. The van der Waals surface area contributed by atoms with Crippen molar-refractivity contribution in [2.24, 2.45) is 5.73 Å². The molecule has 3 N–H and O–H groups in total. The Labute approximate surface area is 148 Å². The van der Waals surface area contributed by atoms with Crippen LogP contribution in [-0.2, 0) is 9.53 Å². The molecule has 2 saturated heterocycles. The Morgan fingerprint density at radius 3 is 2.50 bits per heavy atom. The summed E-state index contributed by atoms with van der Waals surface area (Å²) in [7, 11) is 0. The molecule has 6 nitrogen and oxygen atoms in total. The van der Waals surface area contributed by atoms with Gasteiger partial charge in [-0.2, -0.15) is 0 Å². The van der Waals surface area contributed by atoms with E-state index in [1.54, 1.807) is 24.3 Å². The predicted octanol–water partition coefficient (Wildman–Crippen LogP) is 1.79. The van der Waals surface area contributed by atoms with Gasteiger partial charge in [-0.1, -0.05) is 6.07 Å². The zero-order valence-corrected chi connectivity index (χ0v) is 14.4. The van der Waals surface area contributed by atoms with E-state index < -0.39 is 5.54 Å². The highest BCUT2D eigenvalue weighted by molar-refractivity contribution is 6.00. The van der Waals surface area contributed by atoms with Crippen LogP contribution < -0.4 is 11.1 Å². The second-order valence-corrected chi connectivity index (χ2v) is 6.30. The molecule has 2 aliphatic heterocycles. The van der Waals surface area contributed by atoms with Gasteiger partial charge in [0.25, 0.3) is 5.91 Å². The van der Waals surface area contributed by atoms with Crippen LogP contribution in [-0.4, -0.2) is 48.6 Å². The average Bonchev–Trinajstić information content (AvgIpc) is 3.09. The first kappa shape index (κ1) is 18.7. The fourth-order valence-electron chi connectivity index (χ4n) is 3.05. The van der Waals surface area contributed by atoms with Gasteiger partial charge in [-0.15, -0.1) is 12.4 Å². The number of nitrogens with two attached hydrogens (primary N) is 1. The van der Waals surface area contributed by atoms with Crippen LogP contribution in [0, 0.1) is 0 Å². The molecule has 2 fully saturated rings. The highest BCUT2D eigenvalue weighted by Gasteiger charge is 2.36. The molecule has 0 radical (unpaired) electrons. The molecule has 2 aliphatic rings. The predicted molar refractivity (Wildman–Crippen MR) is 94.4 cm³/mol. The molecule has 0 saturated carbocycles. The molecule has 3 rings (SSSR count). The van der Waals surface area contributed by atoms with Gasteiger partial charge in [0.05, 0.1) is 0 Å². The van der Waals surface area contributed by atoms with Crippen molar-refractivity contribution in [1.29, 1.82) is 0 Å². The van der Waals surface area contributed by atoms with Crippen LogP contribution in [0.4, 0.5) is 5.69 Å². The van der Waals surface area contributed by atoms with Crippen LogP contribution in [0.3, 0.4) is 0 Å². The number of hydrogen-bond donors (Lipinski definition) is 2. The van der Waals surface area contributed by atoms with Crippen molar-refractivity contribution >= 4 is 29.9 Å². The Kier molecular flexibility index (Phi) is 6.21. The first-order valence-electron chi connectivity index (χ1n) is 8.16. The zero-order chi connectivity index (χ0) is 16.3. The highest BCUT2D eigenvalue weighted by atomic mass is 35.5. The van der Waals surface area contributed by atoms with Crippen molar-refractivity contribution in [2.75, 3.05) is 31.6 Å². The van der Waals surface area contributed by atoms with Crippen molar-refractivity contribution in [3.8, 4) is 0 Å². The highest BCUT2D eigenvalue weighted by Crippen LogP contribution is 2.21. The molecular weight excluding hydrogens is 330 g/mol. The molecule has 24 heavy (non-hydrogen) atoms. The van der Waals surface area contributed by atoms with Crippen LogP contribution >= 0.6 is 12.4 Å². The van der Waals surface area contributed by atoms with Gasteiger partial charge in [-0.3, -0.25) is 9.59 Å². The van der Waals surface area contributed by atoms with Crippen LogP contribution in [0.15, 0.2) is 24.3 Å². The van der Waals surface area contributed by atoms with Gasteiger partial charge in [0, 0.05) is 37.6 Å². The molecule has 132 valence electrons. The molecule has 1 aromatic carbocycles. The minimum Gasteiger partial charge on any atom is -0.381 e. The van der Waals surface area contributed by atoms with E-state index in [1.807, 2.05) is 4.90 Å². The Bertz CT molecular complexity index is 596. The maximum Gasteiger partial charge on any atom is 0.253 e. The molecule has 0 atom stereocenters. The number of nitrogens with one attached hydrogen (secondary N) is 1. The van der Waals surface area contributed by atoms with Crippen molar-refractivity contribution < 1.29 is 14.3 Å². The summed E-state index contributed by atoms with van der Waals surface area (Å²) in [6.45, 7) is 2.61. The SMILES string of the molecule is Cl.NC1(C(=O)Nc2cccc(C(=O)N3CCCC3)c2)CCOCC1. The van der Waals surface area contributed by atoms with E-state index >= 15 is 0 Å². The summed E-state index contributed by atoms with van der Waals surface area (Å²) < 4.78 is 5.26. The standard InChI is InChI=1S/C17H23N3O3.ClH/c18-17(6-10-23-11-7-17)16(22)19-14-5-3-4-13(12-14)15(21)20-8-1-2-9-20;/h3-5,12H,1-2,6-11,18H2,(H,19,22);1H. The number of carbonyl (C=O) groups is 2. The van der Waals surface area contributed by atoms with Crippen molar-refractivity contribution in [3.63, 3.8) is 0 Å². The van der Waals surface area contributed by atoms with E-state index in [4.69, 9.17) is 10.5 Å². The van der Waals surface area contributed by atoms with Crippen molar-refractivity contribution in [2.45, 2.75) is 31.2 Å². The Morgan fingerprint density at radius 1 is 1.17 bits per heavy atom. The van der Waals surface area contributed by atoms with Gasteiger partial charge in [-0.25, -0.2) is 0 Å². The molecule has 0 bridgehead atoms. The van der Waals surface area contributed by atoms with Crippen LogP contribution in [0.25, 0.3) is 0 Å². The summed E-state index contributed by atoms with van der Waals surface area (Å²) in [5, 5.41) is 2.85. The summed E-state index contributed by atoms with van der Waals surface area (Å²) in [5.74, 6) is -0.196. The summed E-state index contributed by atoms with van der Waals surface area (Å²) in [5.41, 5.74) is 6.49. The van der Waals surface area contributed by atoms with Gasteiger partial charge >= 0.3 is 0 Å². The maximum absolute atomic E-state index is 12.4. The Balaban J connectivity index is 0.00000208. The molecule has 0 aliphatic carbocycles. The minimum atomic E-state index is -0.896. The number of likely N-dealkylation sites (tertiary alicyclic amines) is 1. The third-order valence-electron chi connectivity index (χ3n) is 4.60. The number of ether oxygens (including phenoxy) is 1. The van der Waals surface area contributed by atoms with E-state index in [-0.39, 0.29) is 24.2 Å². The van der Waals surface area contributed by atoms with Gasteiger partial charge in [0.1, 0.15) is 5.54 Å². The van der Waals surface area contributed by atoms with E-state index in [0.717, 1.165) is 25.9 Å². The lowest BCUT2D eigenvalue weighted by atomic mass is 9.90. The molecule has 2 amide bonds. The second kappa shape index (κ2) is 7.96. The van der Waals surface area contributed by atoms with Crippen LogP contribution in [0.2, 0.25) is 0 Å². The van der Waals surface area contributed by atoms with Crippen LogP contribution in [0.5, 0.6) is 0 Å². The van der Waals surface area contributed by atoms with Gasteiger partial charge in [0.15, 0.2) is 0 Å². The maximum atomic E-state index is 12.4. The number of amides is 2. The summed E-state index contributed by atoms with van der Waals surface area (Å²) >= 11 is 0. The number of nitrogens with zero attached hydrogens (tertiary/aromatic N) is 1. The third kappa shape index (κ3) is 4.06. The van der Waals surface area contributed by atoms with Gasteiger partial charge in [0.2, 0.25) is 5.91 Å². The van der Waals surface area contributed by atoms with E-state index in [0.29, 0.717) is 37.3 Å². The van der Waals surface area contributed by atoms with Crippen LogP contribution in [0.1, 0.15) is 36.0 Å². The molecule has 2 heterocycles. The first-order chi connectivity index (χ1) is 11.1. The fraction of sp³-hybridized carbons (Fsp3) is 0.529. The lowest BCUT2D eigenvalue weighted by Gasteiger charge is -2.31. The number of benzene rings is 1. The molecule has 7 heteroatoms. The summed E-state index contributed by atoms with van der Waals surface area (Å²) in [4.78, 5) is 26.7. The minimum absolute atomic E-state index is 0. The monoisotopic (exact) mass is 353 g/mol. The number of anilines is 1. The van der Waals surface area contributed by atoms with Crippen molar-refractivity contribution in [1.82, 2.24) is 4.90 Å². The van der Waals surface area contributed by atoms with E-state index in [2.05, 4.69) is 5.32 Å². The lowest BCUT2D eigenvalue weighted by molar-refractivity contribution is -0.124. The zero-order valence-electron chi connectivity index (χ0n) is 13.6. The van der Waals surface area contributed by atoms with E-state index in [1.165, 1.54) is 0 Å². The molecule has 1 aromatic rings. The second-order valence-electron chi connectivity index (χ2n) is 6.30. The van der Waals surface area contributed by atoms with E-state index in [9.17, 15) is 9.59 Å². The third-order valence-corrected chi connectivity index (χ3v) is 4.60. The average molecular weight is 354 g/mol. The first-order valence-corrected chi connectivity index (χ1v) is 8.16. The van der Waals surface area contributed by atoms with Gasteiger partial charge in [-0.05, 0) is 43.9 Å². The van der Waals surface area contributed by atoms with Crippen molar-refractivity contribution in [3.05, 3.63) is 29.8 Å². The smallest absolute Gasteiger partial charge is 0.253 e. The Morgan fingerprint density at radius 2 is 1.83 bits per heavy atom. The molecular formula is C17H24ClN3O3. The lowest BCUT2D eigenvalue weighted by Crippen LogP contribution is -2.54. The quantitative estimate of drug-likeness (QED) is 0.867. The van der Waals surface area contributed by atoms with Gasteiger partial charge < -0.3 is 20.7 Å². The Hall–Kier alpha value is -1.63. The summed E-state index contributed by atoms with van der Waals surface area (Å²) in [6.07, 6.45) is 3.12. The number of rotatable bonds is 3. The normalized spacial score (nSPS) is 19.5. The molecule has 0 spiro atoms. The molecule has 0 aromatic heterocycles.